The van der Waals surface area contributed by atoms with Crippen molar-refractivity contribution < 1.29 is 14.4 Å². The molecule has 2 aromatic rings. The van der Waals surface area contributed by atoms with Gasteiger partial charge in [-0.15, -0.1) is 0 Å². The fourth-order valence-electron chi connectivity index (χ4n) is 3.68. The number of rotatable bonds is 6. The molecule has 31 heavy (non-hydrogen) atoms. The van der Waals surface area contributed by atoms with E-state index < -0.39 is 6.04 Å². The first-order valence-corrected chi connectivity index (χ1v) is 10.8. The van der Waals surface area contributed by atoms with Crippen LogP contribution >= 0.6 is 0 Å². The van der Waals surface area contributed by atoms with Gasteiger partial charge in [0.15, 0.2) is 0 Å². The minimum Gasteiger partial charge on any atom is -0.338 e. The van der Waals surface area contributed by atoms with Gasteiger partial charge in [-0.2, -0.15) is 0 Å². The predicted octanol–water partition coefficient (Wildman–Crippen LogP) is 3.77. The van der Waals surface area contributed by atoms with Gasteiger partial charge in [0.05, 0.1) is 0 Å². The first-order valence-electron chi connectivity index (χ1n) is 10.8. The minimum absolute atomic E-state index is 0.0104. The highest BCUT2D eigenvalue weighted by molar-refractivity contribution is 5.98. The van der Waals surface area contributed by atoms with Crippen LogP contribution in [0.25, 0.3) is 0 Å². The van der Waals surface area contributed by atoms with Gasteiger partial charge in [-0.25, -0.2) is 4.79 Å². The monoisotopic (exact) mass is 422 g/mol. The van der Waals surface area contributed by atoms with Gasteiger partial charge in [0.25, 0.3) is 0 Å². The molecule has 2 unspecified atom stereocenters. The molecule has 1 heterocycles. The number of hydrogen-bond acceptors (Lipinski definition) is 3. The third kappa shape index (κ3) is 5.42. The average Bonchev–Trinajstić information content (AvgIpc) is 2.77. The molecule has 0 fully saturated rings. The second-order valence-corrected chi connectivity index (χ2v) is 7.82. The zero-order valence-electron chi connectivity index (χ0n) is 18.3. The van der Waals surface area contributed by atoms with E-state index in [4.69, 9.17) is 0 Å². The van der Waals surface area contributed by atoms with Crippen LogP contribution in [0, 0.1) is 5.92 Å². The fourth-order valence-corrected chi connectivity index (χ4v) is 3.68. The van der Waals surface area contributed by atoms with Gasteiger partial charge in [0.2, 0.25) is 11.8 Å². The third-order valence-corrected chi connectivity index (χ3v) is 5.59. The molecule has 0 bridgehead atoms. The Balaban J connectivity index is 1.80. The van der Waals surface area contributed by atoms with Gasteiger partial charge in [-0.1, -0.05) is 44.2 Å². The van der Waals surface area contributed by atoms with Crippen LogP contribution in [0.2, 0.25) is 0 Å². The Labute approximate surface area is 183 Å². The molecule has 0 radical (unpaired) electrons. The summed E-state index contributed by atoms with van der Waals surface area (Å²) in [7, 11) is 0. The van der Waals surface area contributed by atoms with E-state index in [-0.39, 0.29) is 23.8 Å². The van der Waals surface area contributed by atoms with E-state index in [9.17, 15) is 14.4 Å². The fraction of sp³-hybridized carbons (Fsp3) is 0.375. The molecule has 164 valence electrons. The SMILES string of the molecule is CCNC(=O)Nc1cccc(NC(=O)C2Cc3ccccc3CN2C(=O)C(C)CC)c1. The number of hydrogen-bond donors (Lipinski definition) is 3. The highest BCUT2D eigenvalue weighted by Gasteiger charge is 2.35. The Morgan fingerprint density at radius 1 is 1.00 bits per heavy atom. The summed E-state index contributed by atoms with van der Waals surface area (Å²) in [5.41, 5.74) is 3.30. The summed E-state index contributed by atoms with van der Waals surface area (Å²) in [4.78, 5) is 39.7. The van der Waals surface area contributed by atoms with Crippen LogP contribution in [0.15, 0.2) is 48.5 Å². The lowest BCUT2D eigenvalue weighted by Gasteiger charge is -2.37. The number of benzene rings is 2. The number of carbonyl (C=O) groups excluding carboxylic acids is 3. The molecule has 2 atom stereocenters. The topological polar surface area (TPSA) is 90.5 Å². The molecular formula is C24H30N4O3. The van der Waals surface area contributed by atoms with Crippen molar-refractivity contribution in [3.05, 3.63) is 59.7 Å². The number of carbonyl (C=O) groups is 3. The summed E-state index contributed by atoms with van der Waals surface area (Å²) < 4.78 is 0. The maximum Gasteiger partial charge on any atom is 0.319 e. The first-order chi connectivity index (χ1) is 14.9. The number of amides is 4. The summed E-state index contributed by atoms with van der Waals surface area (Å²) in [6.45, 7) is 6.66. The van der Waals surface area contributed by atoms with Crippen molar-refractivity contribution in [3.8, 4) is 0 Å². The van der Waals surface area contributed by atoms with E-state index in [1.54, 1.807) is 29.2 Å². The van der Waals surface area contributed by atoms with E-state index in [1.165, 1.54) is 0 Å². The minimum atomic E-state index is -0.587. The van der Waals surface area contributed by atoms with Crippen LogP contribution in [0.1, 0.15) is 38.3 Å². The van der Waals surface area contributed by atoms with Gasteiger partial charge in [0, 0.05) is 36.8 Å². The summed E-state index contributed by atoms with van der Waals surface area (Å²) in [6.07, 6.45) is 1.19. The normalized spacial score (nSPS) is 16.1. The Morgan fingerprint density at radius 3 is 2.35 bits per heavy atom. The van der Waals surface area contributed by atoms with E-state index >= 15 is 0 Å². The molecular weight excluding hydrogens is 392 g/mol. The van der Waals surface area contributed by atoms with Crippen molar-refractivity contribution in [2.45, 2.75) is 46.2 Å². The largest absolute Gasteiger partial charge is 0.338 e. The van der Waals surface area contributed by atoms with Gasteiger partial charge >= 0.3 is 6.03 Å². The molecule has 0 aromatic heterocycles. The molecule has 2 aromatic carbocycles. The molecule has 1 aliphatic rings. The molecule has 3 rings (SSSR count). The van der Waals surface area contributed by atoms with Crippen molar-refractivity contribution in [2.24, 2.45) is 5.92 Å². The molecule has 1 aliphatic heterocycles. The molecule has 3 N–H and O–H groups in total. The predicted molar refractivity (Wildman–Crippen MR) is 122 cm³/mol. The van der Waals surface area contributed by atoms with Crippen LogP contribution in [0.3, 0.4) is 0 Å². The molecule has 7 heteroatoms. The molecule has 4 amide bonds. The maximum absolute atomic E-state index is 13.2. The van der Waals surface area contributed by atoms with E-state index in [2.05, 4.69) is 16.0 Å². The smallest absolute Gasteiger partial charge is 0.319 e. The van der Waals surface area contributed by atoms with Crippen LogP contribution < -0.4 is 16.0 Å². The molecule has 7 nitrogen and oxygen atoms in total. The molecule has 0 aliphatic carbocycles. The summed E-state index contributed by atoms with van der Waals surface area (Å²) in [5.74, 6) is -0.393. The van der Waals surface area contributed by atoms with Gasteiger partial charge in [-0.05, 0) is 42.7 Å². The highest BCUT2D eigenvalue weighted by Crippen LogP contribution is 2.26. The Morgan fingerprint density at radius 2 is 1.68 bits per heavy atom. The number of anilines is 2. The lowest BCUT2D eigenvalue weighted by molar-refractivity contribution is -0.143. The van der Waals surface area contributed by atoms with Crippen LogP contribution in [-0.4, -0.2) is 35.3 Å². The highest BCUT2D eigenvalue weighted by atomic mass is 16.2. The van der Waals surface area contributed by atoms with E-state index in [0.29, 0.717) is 30.9 Å². The lowest BCUT2D eigenvalue weighted by atomic mass is 9.92. The van der Waals surface area contributed by atoms with E-state index in [0.717, 1.165) is 17.5 Å². The summed E-state index contributed by atoms with van der Waals surface area (Å²) in [5, 5.41) is 8.33. The Kier molecular flexibility index (Phi) is 7.28. The van der Waals surface area contributed by atoms with Crippen LogP contribution in [-0.2, 0) is 22.6 Å². The number of nitrogens with one attached hydrogen (secondary N) is 3. The van der Waals surface area contributed by atoms with Gasteiger partial charge in [0.1, 0.15) is 6.04 Å². The Bertz CT molecular complexity index is 959. The first kappa shape index (κ1) is 22.3. The van der Waals surface area contributed by atoms with Gasteiger partial charge in [-0.3, -0.25) is 9.59 Å². The standard InChI is InChI=1S/C24H30N4O3/c1-4-16(3)23(30)28-15-18-10-7-6-9-17(18)13-21(28)22(29)26-19-11-8-12-20(14-19)27-24(31)25-5-2/h6-12,14,16,21H,4-5,13,15H2,1-3H3,(H,26,29)(H2,25,27,31). The second-order valence-electron chi connectivity index (χ2n) is 7.82. The van der Waals surface area contributed by atoms with Crippen LogP contribution in [0.5, 0.6) is 0 Å². The third-order valence-electron chi connectivity index (χ3n) is 5.59. The number of nitrogens with zero attached hydrogens (tertiary/aromatic N) is 1. The van der Waals surface area contributed by atoms with Crippen molar-refractivity contribution in [1.29, 1.82) is 0 Å². The lowest BCUT2D eigenvalue weighted by Crippen LogP contribution is -2.52. The van der Waals surface area contributed by atoms with E-state index in [1.807, 2.05) is 45.0 Å². The zero-order chi connectivity index (χ0) is 22.4. The number of urea groups is 1. The van der Waals surface area contributed by atoms with Crippen molar-refractivity contribution in [3.63, 3.8) is 0 Å². The van der Waals surface area contributed by atoms with Crippen LogP contribution in [0.4, 0.5) is 16.2 Å². The summed E-state index contributed by atoms with van der Waals surface area (Å²) in [6, 6.07) is 14.0. The molecule has 0 saturated carbocycles. The maximum atomic E-state index is 13.2. The average molecular weight is 423 g/mol. The molecule has 0 spiro atoms. The van der Waals surface area contributed by atoms with Crippen molar-refractivity contribution in [1.82, 2.24) is 10.2 Å². The number of fused-ring (bicyclic) bond motifs is 1. The second kappa shape index (κ2) is 10.1. The van der Waals surface area contributed by atoms with Gasteiger partial charge < -0.3 is 20.9 Å². The Hall–Kier alpha value is -3.35. The quantitative estimate of drug-likeness (QED) is 0.662. The van der Waals surface area contributed by atoms with Crippen molar-refractivity contribution >= 4 is 29.2 Å². The zero-order valence-corrected chi connectivity index (χ0v) is 18.3. The van der Waals surface area contributed by atoms with Crippen molar-refractivity contribution in [2.75, 3.05) is 17.2 Å². The molecule has 0 saturated heterocycles. The summed E-state index contributed by atoms with van der Waals surface area (Å²) >= 11 is 0.